The zero-order valence-electron chi connectivity index (χ0n) is 54.8. The predicted molar refractivity (Wildman–Crippen MR) is 423 cm³/mol. The number of hydrogen-bond donors (Lipinski definition) is 0. The molecule has 3 heterocycles. The van der Waals surface area contributed by atoms with Gasteiger partial charge in [0, 0.05) is 16.8 Å². The summed E-state index contributed by atoms with van der Waals surface area (Å²) in [5.74, 6) is 0. The minimum atomic E-state index is -0.409. The molecule has 16 aromatic rings. The van der Waals surface area contributed by atoms with E-state index in [-0.39, 0.29) is 6.03 Å². The fourth-order valence-electron chi connectivity index (χ4n) is 16.5. The highest BCUT2D eigenvalue weighted by Crippen LogP contribution is 2.51. The Morgan fingerprint density at radius 2 is 0.430 bits per heavy atom. The second-order valence-corrected chi connectivity index (χ2v) is 26.5. The normalized spacial score (nSPS) is 12.5. The topological polar surface area (TPSA) is 23.6 Å². The molecule has 0 radical (unpaired) electrons. The molecule has 3 aliphatic rings. The third-order valence-electron chi connectivity index (χ3n) is 20.9. The number of benzene rings is 16. The minimum absolute atomic E-state index is 0.136. The van der Waals surface area contributed by atoms with Crippen LogP contribution in [0.5, 0.6) is 0 Å². The summed E-state index contributed by atoms with van der Waals surface area (Å²) in [6.45, 7) is -0.818. The van der Waals surface area contributed by atoms with Crippen LogP contribution in [-0.2, 0) is 0 Å². The SMILES string of the molecule is O=C1N2c3cc(-c4ccccc4)c(-c4ccccc4)cc3B(c3c(-c4ccccc4)cc(-c4ccccc4)cc3-c3ccccc3)c3ccc4ccc5c(c4c32)N1c1cc(-c2ccccc2)c(-c2ccccc2)cc1B5c1c(-c2ccccc2)cc(-c2ccccc2)cc1-c1ccccc1. The maximum absolute atomic E-state index is 18.0. The van der Waals surface area contributed by atoms with E-state index in [1.54, 1.807) is 0 Å². The molecule has 100 heavy (non-hydrogen) atoms. The zero-order valence-corrected chi connectivity index (χ0v) is 54.8. The van der Waals surface area contributed by atoms with Crippen molar-refractivity contribution in [3.05, 3.63) is 376 Å². The van der Waals surface area contributed by atoms with E-state index in [4.69, 9.17) is 0 Å². The predicted octanol–water partition coefficient (Wildman–Crippen LogP) is 20.6. The molecule has 0 bridgehead atoms. The number of carbonyl (C=O) groups is 1. The fourth-order valence-corrected chi connectivity index (χ4v) is 16.5. The van der Waals surface area contributed by atoms with E-state index >= 15 is 4.79 Å². The molecule has 0 saturated heterocycles. The van der Waals surface area contributed by atoms with Gasteiger partial charge in [0.25, 0.3) is 0 Å². The van der Waals surface area contributed by atoms with Gasteiger partial charge in [-0.05, 0) is 175 Å². The molecule has 16 aromatic carbocycles. The highest BCUT2D eigenvalue weighted by Gasteiger charge is 2.50. The third kappa shape index (κ3) is 9.72. The molecule has 0 spiro atoms. The van der Waals surface area contributed by atoms with Gasteiger partial charge in [-0.15, -0.1) is 0 Å². The largest absolute Gasteiger partial charge is 0.338 e. The first kappa shape index (κ1) is 58.5. The Labute approximate surface area is 584 Å². The van der Waals surface area contributed by atoms with E-state index in [0.717, 1.165) is 167 Å². The molecule has 0 atom stereocenters. The molecule has 0 aliphatic carbocycles. The number of carbonyl (C=O) groups excluding carboxylic acids is 1. The summed E-state index contributed by atoms with van der Waals surface area (Å²) in [4.78, 5) is 22.2. The number of rotatable bonds is 12. The number of amides is 2. The van der Waals surface area contributed by atoms with Gasteiger partial charge in [0.15, 0.2) is 0 Å². The Kier molecular flexibility index (Phi) is 14.3. The van der Waals surface area contributed by atoms with E-state index in [1.807, 2.05) is 0 Å². The maximum Gasteiger partial charge on any atom is 0.338 e. The van der Waals surface area contributed by atoms with Crippen LogP contribution in [-0.4, -0.2) is 19.5 Å². The average Bonchev–Trinajstić information content (AvgIpc) is 0.675. The molecule has 464 valence electrons. The average molecular weight is 1270 g/mol. The van der Waals surface area contributed by atoms with Gasteiger partial charge in [0.05, 0.1) is 11.4 Å². The van der Waals surface area contributed by atoms with Crippen molar-refractivity contribution in [1.82, 2.24) is 0 Å². The van der Waals surface area contributed by atoms with Crippen LogP contribution in [0.15, 0.2) is 376 Å². The summed E-state index contributed by atoms with van der Waals surface area (Å²) in [5.41, 5.74) is 32.1. The molecule has 0 aromatic heterocycles. The summed E-state index contributed by atoms with van der Waals surface area (Å²) in [5, 5.41) is 2.09. The Morgan fingerprint density at radius 1 is 0.200 bits per heavy atom. The van der Waals surface area contributed by atoms with E-state index in [0.29, 0.717) is 0 Å². The fraction of sp³-hybridized carbons (Fsp3) is 0. The smallest absolute Gasteiger partial charge is 0.263 e. The van der Waals surface area contributed by atoms with Crippen LogP contribution >= 0.6 is 0 Å². The van der Waals surface area contributed by atoms with E-state index < -0.39 is 13.4 Å². The second-order valence-electron chi connectivity index (χ2n) is 26.5. The lowest BCUT2D eigenvalue weighted by molar-refractivity contribution is 0.255. The van der Waals surface area contributed by atoms with Gasteiger partial charge in [-0.2, -0.15) is 0 Å². The van der Waals surface area contributed by atoms with E-state index in [9.17, 15) is 0 Å². The lowest BCUT2D eigenvalue weighted by atomic mass is 9.32. The molecule has 19 rings (SSSR count). The number of anilines is 4. The summed E-state index contributed by atoms with van der Waals surface area (Å²) < 4.78 is 0. The van der Waals surface area contributed by atoms with Crippen LogP contribution in [0, 0.1) is 0 Å². The van der Waals surface area contributed by atoms with Crippen LogP contribution in [0.3, 0.4) is 0 Å². The highest BCUT2D eigenvalue weighted by atomic mass is 16.2. The first-order valence-electron chi connectivity index (χ1n) is 34.6. The van der Waals surface area contributed by atoms with E-state index in [1.165, 1.54) is 10.9 Å². The molecule has 0 fully saturated rings. The van der Waals surface area contributed by atoms with Gasteiger partial charge in [0.2, 0.25) is 13.4 Å². The molecule has 0 N–H and O–H groups in total. The summed E-state index contributed by atoms with van der Waals surface area (Å²) in [6.07, 6.45) is 0. The highest BCUT2D eigenvalue weighted by molar-refractivity contribution is 7.01. The van der Waals surface area contributed by atoms with Crippen molar-refractivity contribution in [2.75, 3.05) is 9.80 Å². The summed E-state index contributed by atoms with van der Waals surface area (Å²) in [6, 6.07) is 137. The Bertz CT molecular complexity index is 5350. The standard InChI is InChI=1S/C95H62B2N2O/c100-95-98-88-61-78(67-39-19-5-20-40-67)76(65-35-15-3-16-36-65)59-86(88)96(91-80(69-43-23-7-24-44-69)55-74(63-31-11-1-12-32-63)56-81(91)70-45-25-8-26-46-70)84-53-51-73-52-54-85-94(90(73)93(84)98)99(95)89-62-79(68-41-21-6-22-42-68)77(66-37-17-4-18-38-66)60-87(89)97(85)92-82(71-47-27-9-28-48-71)57-75(64-33-13-2-14-34-64)58-83(92)72-49-29-10-30-50-72/h1-62H. The van der Waals surface area contributed by atoms with Gasteiger partial charge in [-0.25, -0.2) is 4.79 Å². The van der Waals surface area contributed by atoms with Gasteiger partial charge < -0.3 is 0 Å². The van der Waals surface area contributed by atoms with Gasteiger partial charge in [0.1, 0.15) is 0 Å². The van der Waals surface area contributed by atoms with Gasteiger partial charge in [-0.1, -0.05) is 351 Å². The third-order valence-corrected chi connectivity index (χ3v) is 20.9. The lowest BCUT2D eigenvalue weighted by Gasteiger charge is -2.47. The van der Waals surface area contributed by atoms with Crippen LogP contribution in [0.25, 0.3) is 122 Å². The summed E-state index contributed by atoms with van der Waals surface area (Å²) in [7, 11) is 0. The van der Waals surface area contributed by atoms with Gasteiger partial charge >= 0.3 is 6.03 Å². The van der Waals surface area contributed by atoms with Gasteiger partial charge in [-0.3, -0.25) is 9.80 Å². The number of fused-ring (bicyclic) bond motifs is 4. The van der Waals surface area contributed by atoms with E-state index in [2.05, 4.69) is 386 Å². The van der Waals surface area contributed by atoms with Crippen molar-refractivity contribution >= 4 is 85.8 Å². The van der Waals surface area contributed by atoms with Crippen molar-refractivity contribution in [3.63, 3.8) is 0 Å². The number of urea groups is 1. The molecule has 2 amide bonds. The molecular formula is C95H62B2N2O. The van der Waals surface area contributed by atoms with Crippen molar-refractivity contribution in [3.8, 4) is 111 Å². The monoisotopic (exact) mass is 1270 g/mol. The maximum atomic E-state index is 18.0. The molecule has 3 aliphatic heterocycles. The first-order chi connectivity index (χ1) is 49.6. The Balaban J connectivity index is 0.988. The first-order valence-corrected chi connectivity index (χ1v) is 34.6. The molecule has 0 unspecified atom stereocenters. The molecule has 5 heteroatoms. The number of nitrogens with zero attached hydrogens (tertiary/aromatic N) is 2. The zero-order chi connectivity index (χ0) is 66.2. The molecular weight excluding hydrogens is 1210 g/mol. The summed E-state index contributed by atoms with van der Waals surface area (Å²) >= 11 is 0. The van der Waals surface area contributed by atoms with Crippen molar-refractivity contribution in [2.24, 2.45) is 0 Å². The second kappa shape index (κ2) is 24.4. The molecule has 3 nitrogen and oxygen atoms in total. The van der Waals surface area contributed by atoms with Crippen LogP contribution < -0.4 is 42.6 Å². The minimum Gasteiger partial charge on any atom is -0.263 e. The Hall–Kier alpha value is -12.8. The van der Waals surface area contributed by atoms with Crippen molar-refractivity contribution in [2.45, 2.75) is 0 Å². The van der Waals surface area contributed by atoms with Crippen LogP contribution in [0.2, 0.25) is 0 Å². The van der Waals surface area contributed by atoms with Crippen LogP contribution in [0.1, 0.15) is 0 Å². The molecule has 0 saturated carbocycles. The quantitative estimate of drug-likeness (QED) is 0.112. The van der Waals surface area contributed by atoms with Crippen molar-refractivity contribution in [1.29, 1.82) is 0 Å². The van der Waals surface area contributed by atoms with Crippen LogP contribution in [0.4, 0.5) is 27.5 Å². The van der Waals surface area contributed by atoms with Crippen molar-refractivity contribution < 1.29 is 4.79 Å². The Morgan fingerprint density at radius 3 is 0.690 bits per heavy atom. The number of hydrogen-bond acceptors (Lipinski definition) is 1. The lowest BCUT2D eigenvalue weighted by Crippen LogP contribution is -2.65.